The zero-order valence-corrected chi connectivity index (χ0v) is 14.4. The van der Waals surface area contributed by atoms with Crippen LogP contribution in [-0.2, 0) is 10.2 Å². The third-order valence-electron chi connectivity index (χ3n) is 5.71. The second-order valence-corrected chi connectivity index (χ2v) is 7.93. The maximum absolute atomic E-state index is 12.9. The predicted molar refractivity (Wildman–Crippen MR) is 93.6 cm³/mol. The standard InChI is InChI=1S/C18H18BrN3O/c19-11-1-4-14-13(9-11)16-15(10-20-14)21-17(23)18(16)5-7-22(8-6-18)12-2-3-12/h1,4,9-10,12H,2-3,5-8H2,(H,21,23). The van der Waals surface area contributed by atoms with E-state index in [-0.39, 0.29) is 11.3 Å². The summed E-state index contributed by atoms with van der Waals surface area (Å²) in [7, 11) is 0. The monoisotopic (exact) mass is 371 g/mol. The van der Waals surface area contributed by atoms with E-state index in [0.29, 0.717) is 0 Å². The number of nitrogens with one attached hydrogen (secondary N) is 1. The summed E-state index contributed by atoms with van der Waals surface area (Å²) < 4.78 is 1.03. The van der Waals surface area contributed by atoms with Gasteiger partial charge >= 0.3 is 0 Å². The van der Waals surface area contributed by atoms with Crippen molar-refractivity contribution in [1.29, 1.82) is 0 Å². The lowest BCUT2D eigenvalue weighted by Gasteiger charge is -2.38. The largest absolute Gasteiger partial charge is 0.324 e. The van der Waals surface area contributed by atoms with Crippen LogP contribution in [0, 0.1) is 0 Å². The third-order valence-corrected chi connectivity index (χ3v) is 6.20. The molecule has 23 heavy (non-hydrogen) atoms. The fraction of sp³-hybridized carbons (Fsp3) is 0.444. The van der Waals surface area contributed by atoms with Crippen LogP contribution in [0.25, 0.3) is 10.9 Å². The number of piperidine rings is 1. The number of hydrogen-bond acceptors (Lipinski definition) is 3. The van der Waals surface area contributed by atoms with Gasteiger partial charge in [-0.3, -0.25) is 9.78 Å². The summed E-state index contributed by atoms with van der Waals surface area (Å²) in [6.45, 7) is 2.05. The Morgan fingerprint density at radius 1 is 1.26 bits per heavy atom. The van der Waals surface area contributed by atoms with Crippen LogP contribution < -0.4 is 5.32 Å². The molecule has 3 heterocycles. The minimum atomic E-state index is -0.372. The van der Waals surface area contributed by atoms with Crippen molar-refractivity contribution in [2.45, 2.75) is 37.1 Å². The van der Waals surface area contributed by atoms with Crippen LogP contribution >= 0.6 is 15.9 Å². The van der Waals surface area contributed by atoms with Crippen LogP contribution in [0.1, 0.15) is 31.2 Å². The summed E-state index contributed by atoms with van der Waals surface area (Å²) in [5, 5.41) is 4.20. The normalized spacial score (nSPS) is 23.3. The van der Waals surface area contributed by atoms with E-state index in [2.05, 4.69) is 37.2 Å². The molecule has 1 aromatic heterocycles. The number of fused-ring (bicyclic) bond motifs is 4. The molecular formula is C18H18BrN3O. The molecule has 3 aliphatic rings. The maximum Gasteiger partial charge on any atom is 0.235 e. The summed E-state index contributed by atoms with van der Waals surface area (Å²) >= 11 is 3.56. The number of halogens is 1. The van der Waals surface area contributed by atoms with Gasteiger partial charge in [0.05, 0.1) is 22.8 Å². The van der Waals surface area contributed by atoms with Crippen molar-refractivity contribution in [2.75, 3.05) is 18.4 Å². The Morgan fingerprint density at radius 3 is 2.78 bits per heavy atom. The van der Waals surface area contributed by atoms with E-state index in [9.17, 15) is 4.79 Å². The van der Waals surface area contributed by atoms with Gasteiger partial charge in [-0.05, 0) is 57.0 Å². The number of amides is 1. The number of aromatic nitrogens is 1. The molecule has 0 unspecified atom stereocenters. The second-order valence-electron chi connectivity index (χ2n) is 7.01. The van der Waals surface area contributed by atoms with Gasteiger partial charge in [0.2, 0.25) is 5.91 Å². The van der Waals surface area contributed by atoms with Crippen molar-refractivity contribution in [3.8, 4) is 0 Å². The highest BCUT2D eigenvalue weighted by molar-refractivity contribution is 9.10. The minimum Gasteiger partial charge on any atom is -0.324 e. The van der Waals surface area contributed by atoms with Crippen LogP contribution in [-0.4, -0.2) is 34.9 Å². The number of rotatable bonds is 1. The molecule has 1 amide bonds. The van der Waals surface area contributed by atoms with Crippen molar-refractivity contribution in [3.05, 3.63) is 34.4 Å². The molecule has 2 aromatic rings. The van der Waals surface area contributed by atoms with Crippen LogP contribution in [0.4, 0.5) is 5.69 Å². The quantitative estimate of drug-likeness (QED) is 0.834. The van der Waals surface area contributed by atoms with E-state index in [1.54, 1.807) is 0 Å². The molecular weight excluding hydrogens is 354 g/mol. The van der Waals surface area contributed by atoms with Gasteiger partial charge in [-0.2, -0.15) is 0 Å². The van der Waals surface area contributed by atoms with Gasteiger partial charge in [0, 0.05) is 21.5 Å². The number of anilines is 1. The SMILES string of the molecule is O=C1Nc2cnc3ccc(Br)cc3c2C12CCN(C1CC1)CC2. The molecule has 1 aliphatic carbocycles. The van der Waals surface area contributed by atoms with Gasteiger partial charge in [0.1, 0.15) is 0 Å². The second kappa shape index (κ2) is 4.77. The van der Waals surface area contributed by atoms with Gasteiger partial charge in [-0.25, -0.2) is 0 Å². The molecule has 1 aromatic carbocycles. The van der Waals surface area contributed by atoms with E-state index in [1.807, 2.05) is 18.3 Å². The Balaban J connectivity index is 1.64. The molecule has 5 rings (SSSR count). The summed E-state index contributed by atoms with van der Waals surface area (Å²) in [4.78, 5) is 19.9. The fourth-order valence-electron chi connectivity index (χ4n) is 4.32. The van der Waals surface area contributed by atoms with Crippen LogP contribution in [0.5, 0.6) is 0 Å². The van der Waals surface area contributed by atoms with E-state index < -0.39 is 0 Å². The van der Waals surface area contributed by atoms with Crippen molar-refractivity contribution in [3.63, 3.8) is 0 Å². The zero-order valence-electron chi connectivity index (χ0n) is 12.8. The van der Waals surface area contributed by atoms with Crippen LogP contribution in [0.2, 0.25) is 0 Å². The predicted octanol–water partition coefficient (Wildman–Crippen LogP) is 3.45. The number of pyridine rings is 1. The molecule has 0 bridgehead atoms. The number of likely N-dealkylation sites (tertiary alicyclic amines) is 1. The molecule has 2 aliphatic heterocycles. The van der Waals surface area contributed by atoms with Gasteiger partial charge in [-0.15, -0.1) is 0 Å². The van der Waals surface area contributed by atoms with Crippen molar-refractivity contribution in [2.24, 2.45) is 0 Å². The number of carbonyl (C=O) groups is 1. The van der Waals surface area contributed by atoms with Gasteiger partial charge in [0.15, 0.2) is 0 Å². The van der Waals surface area contributed by atoms with Crippen LogP contribution in [0.15, 0.2) is 28.9 Å². The Kier molecular flexibility index (Phi) is 2.89. The number of benzene rings is 1. The molecule has 5 heteroatoms. The molecule has 2 fully saturated rings. The van der Waals surface area contributed by atoms with Crippen molar-refractivity contribution in [1.82, 2.24) is 9.88 Å². The first-order valence-electron chi connectivity index (χ1n) is 8.32. The van der Waals surface area contributed by atoms with E-state index in [1.165, 1.54) is 18.4 Å². The molecule has 4 nitrogen and oxygen atoms in total. The lowest BCUT2D eigenvalue weighted by molar-refractivity contribution is -0.122. The first kappa shape index (κ1) is 13.9. The lowest BCUT2D eigenvalue weighted by Crippen LogP contribution is -2.47. The smallest absolute Gasteiger partial charge is 0.235 e. The first-order valence-corrected chi connectivity index (χ1v) is 9.11. The molecule has 1 saturated carbocycles. The third kappa shape index (κ3) is 1.99. The Bertz CT molecular complexity index is 822. The number of hydrogen-bond donors (Lipinski definition) is 1. The highest BCUT2D eigenvalue weighted by Crippen LogP contribution is 2.48. The first-order chi connectivity index (χ1) is 11.2. The molecule has 0 radical (unpaired) electrons. The number of carbonyl (C=O) groups excluding carboxylic acids is 1. The molecule has 0 atom stereocenters. The van der Waals surface area contributed by atoms with E-state index in [0.717, 1.165) is 53.0 Å². The molecule has 1 saturated heterocycles. The van der Waals surface area contributed by atoms with E-state index in [4.69, 9.17) is 0 Å². The highest BCUT2D eigenvalue weighted by Gasteiger charge is 2.50. The molecule has 1 spiro atoms. The summed E-state index contributed by atoms with van der Waals surface area (Å²) in [5.41, 5.74) is 2.67. The highest BCUT2D eigenvalue weighted by atomic mass is 79.9. The summed E-state index contributed by atoms with van der Waals surface area (Å²) in [6.07, 6.45) is 6.30. The van der Waals surface area contributed by atoms with Gasteiger partial charge in [0.25, 0.3) is 0 Å². The Labute approximate surface area is 143 Å². The van der Waals surface area contributed by atoms with E-state index >= 15 is 0 Å². The average molecular weight is 372 g/mol. The average Bonchev–Trinajstić information content (AvgIpc) is 3.35. The molecule has 118 valence electrons. The van der Waals surface area contributed by atoms with Crippen molar-refractivity contribution >= 4 is 38.4 Å². The fourth-order valence-corrected chi connectivity index (χ4v) is 4.68. The van der Waals surface area contributed by atoms with Crippen LogP contribution in [0.3, 0.4) is 0 Å². The minimum absolute atomic E-state index is 0.164. The number of nitrogens with zero attached hydrogens (tertiary/aromatic N) is 2. The molecule has 1 N–H and O–H groups in total. The van der Waals surface area contributed by atoms with Crippen molar-refractivity contribution < 1.29 is 4.79 Å². The van der Waals surface area contributed by atoms with Gasteiger partial charge < -0.3 is 10.2 Å². The topological polar surface area (TPSA) is 45.2 Å². The van der Waals surface area contributed by atoms with Gasteiger partial charge in [-0.1, -0.05) is 15.9 Å². The Morgan fingerprint density at radius 2 is 2.04 bits per heavy atom. The zero-order chi connectivity index (χ0) is 15.6. The lowest BCUT2D eigenvalue weighted by atomic mass is 9.72. The summed E-state index contributed by atoms with van der Waals surface area (Å²) in [5.74, 6) is 0.164. The maximum atomic E-state index is 12.9. The summed E-state index contributed by atoms with van der Waals surface area (Å²) in [6, 6.07) is 6.92. The Hall–Kier alpha value is -1.46.